The fraction of sp³-hybridized carbons (Fsp3) is 0.438. The Kier molecular flexibility index (Phi) is 6.33. The Morgan fingerprint density at radius 2 is 2.00 bits per heavy atom. The minimum absolute atomic E-state index is 0.117. The standard InChI is InChI=1S/C16H20BrN3O4/c1-2-11(9-21)19-16(24)18-6-3-7-20-14(22)12-5-4-10(17)8-13(12)15(20)23/h4-5,8,11,21H,2-3,6-7,9H2,1H3,(H2,18,19,24). The molecule has 1 atom stereocenters. The van der Waals surface area contributed by atoms with Crippen LogP contribution >= 0.6 is 15.9 Å². The van der Waals surface area contributed by atoms with Gasteiger partial charge in [0.05, 0.1) is 23.8 Å². The van der Waals surface area contributed by atoms with Crippen LogP contribution in [0.3, 0.4) is 0 Å². The second-order valence-electron chi connectivity index (χ2n) is 5.49. The third-order valence-corrected chi connectivity index (χ3v) is 4.32. The van der Waals surface area contributed by atoms with Crippen molar-refractivity contribution in [2.75, 3.05) is 19.7 Å². The number of amides is 4. The van der Waals surface area contributed by atoms with Gasteiger partial charge in [0, 0.05) is 17.6 Å². The van der Waals surface area contributed by atoms with Crippen molar-refractivity contribution in [1.29, 1.82) is 0 Å². The van der Waals surface area contributed by atoms with Gasteiger partial charge in [0.25, 0.3) is 11.8 Å². The Morgan fingerprint density at radius 1 is 1.29 bits per heavy atom. The van der Waals surface area contributed by atoms with Crippen LogP contribution in [0.4, 0.5) is 4.79 Å². The van der Waals surface area contributed by atoms with Crippen molar-refractivity contribution in [2.45, 2.75) is 25.8 Å². The van der Waals surface area contributed by atoms with Gasteiger partial charge in [0.15, 0.2) is 0 Å². The van der Waals surface area contributed by atoms with Crippen LogP contribution in [0.5, 0.6) is 0 Å². The molecule has 8 heteroatoms. The van der Waals surface area contributed by atoms with Gasteiger partial charge in [-0.05, 0) is 31.0 Å². The normalized spacial score (nSPS) is 14.5. The quantitative estimate of drug-likeness (QED) is 0.479. The van der Waals surface area contributed by atoms with Crippen LogP contribution < -0.4 is 10.6 Å². The first-order valence-electron chi connectivity index (χ1n) is 7.78. The van der Waals surface area contributed by atoms with Gasteiger partial charge in [-0.15, -0.1) is 0 Å². The summed E-state index contributed by atoms with van der Waals surface area (Å²) in [6.07, 6.45) is 1.09. The lowest BCUT2D eigenvalue weighted by Gasteiger charge is -2.16. The molecule has 7 nitrogen and oxygen atoms in total. The molecule has 0 saturated carbocycles. The molecule has 0 saturated heterocycles. The highest BCUT2D eigenvalue weighted by atomic mass is 79.9. The predicted molar refractivity (Wildman–Crippen MR) is 91.8 cm³/mol. The average molecular weight is 398 g/mol. The molecule has 1 aromatic carbocycles. The summed E-state index contributed by atoms with van der Waals surface area (Å²) in [5, 5.41) is 14.3. The number of halogens is 1. The number of aliphatic hydroxyl groups is 1. The summed E-state index contributed by atoms with van der Waals surface area (Å²) >= 11 is 3.29. The Morgan fingerprint density at radius 3 is 2.67 bits per heavy atom. The van der Waals surface area contributed by atoms with E-state index in [0.29, 0.717) is 30.5 Å². The van der Waals surface area contributed by atoms with Crippen LogP contribution in [0, 0.1) is 0 Å². The maximum atomic E-state index is 12.3. The number of benzene rings is 1. The molecule has 0 radical (unpaired) electrons. The van der Waals surface area contributed by atoms with Gasteiger partial charge in [-0.3, -0.25) is 14.5 Å². The van der Waals surface area contributed by atoms with E-state index in [2.05, 4.69) is 26.6 Å². The zero-order chi connectivity index (χ0) is 17.7. The third kappa shape index (κ3) is 4.12. The highest BCUT2D eigenvalue weighted by molar-refractivity contribution is 9.10. The number of carbonyl (C=O) groups excluding carboxylic acids is 3. The van der Waals surface area contributed by atoms with E-state index in [0.717, 1.165) is 4.47 Å². The number of carbonyl (C=O) groups is 3. The SMILES string of the molecule is CCC(CO)NC(=O)NCCCN1C(=O)c2ccc(Br)cc2C1=O. The predicted octanol–water partition coefficient (Wildman–Crippen LogP) is 1.51. The Bertz CT molecular complexity index is 646. The summed E-state index contributed by atoms with van der Waals surface area (Å²) in [5.41, 5.74) is 0.802. The number of nitrogens with one attached hydrogen (secondary N) is 2. The lowest BCUT2D eigenvalue weighted by Crippen LogP contribution is -2.44. The summed E-state index contributed by atoms with van der Waals surface area (Å²) in [4.78, 5) is 37.3. The van der Waals surface area contributed by atoms with Crippen LogP contribution in [0.2, 0.25) is 0 Å². The van der Waals surface area contributed by atoms with Gasteiger partial charge >= 0.3 is 6.03 Å². The van der Waals surface area contributed by atoms with Gasteiger partial charge in [-0.1, -0.05) is 22.9 Å². The monoisotopic (exact) mass is 397 g/mol. The molecule has 130 valence electrons. The van der Waals surface area contributed by atoms with Crippen molar-refractivity contribution < 1.29 is 19.5 Å². The number of imide groups is 1. The zero-order valence-electron chi connectivity index (χ0n) is 13.3. The summed E-state index contributed by atoms with van der Waals surface area (Å²) in [6.45, 7) is 2.31. The molecule has 24 heavy (non-hydrogen) atoms. The van der Waals surface area contributed by atoms with E-state index in [1.807, 2.05) is 6.92 Å². The minimum Gasteiger partial charge on any atom is -0.394 e. The van der Waals surface area contributed by atoms with Gasteiger partial charge in [0.1, 0.15) is 0 Å². The molecular formula is C16H20BrN3O4. The first-order valence-corrected chi connectivity index (χ1v) is 8.58. The van der Waals surface area contributed by atoms with Crippen LogP contribution in [0.1, 0.15) is 40.5 Å². The maximum absolute atomic E-state index is 12.3. The van der Waals surface area contributed by atoms with Crippen molar-refractivity contribution >= 4 is 33.8 Å². The Hall–Kier alpha value is -1.93. The van der Waals surface area contributed by atoms with Crippen LogP contribution in [0.25, 0.3) is 0 Å². The summed E-state index contributed by atoms with van der Waals surface area (Å²) in [7, 11) is 0. The average Bonchev–Trinajstić information content (AvgIpc) is 2.80. The summed E-state index contributed by atoms with van der Waals surface area (Å²) < 4.78 is 0.747. The first-order chi connectivity index (χ1) is 11.5. The van der Waals surface area contributed by atoms with Crippen molar-refractivity contribution in [1.82, 2.24) is 15.5 Å². The summed E-state index contributed by atoms with van der Waals surface area (Å²) in [5.74, 6) is -0.620. The zero-order valence-corrected chi connectivity index (χ0v) is 14.9. The highest BCUT2D eigenvalue weighted by Crippen LogP contribution is 2.25. The van der Waals surface area contributed by atoms with E-state index < -0.39 is 0 Å². The molecule has 1 aliphatic heterocycles. The van der Waals surface area contributed by atoms with E-state index in [4.69, 9.17) is 5.11 Å². The molecule has 0 aromatic heterocycles. The van der Waals surface area contributed by atoms with E-state index in [1.54, 1.807) is 18.2 Å². The first kappa shape index (κ1) is 18.4. The van der Waals surface area contributed by atoms with Crippen molar-refractivity contribution in [3.8, 4) is 0 Å². The van der Waals surface area contributed by atoms with Crippen LogP contribution in [-0.4, -0.2) is 53.6 Å². The molecule has 3 N–H and O–H groups in total. The lowest BCUT2D eigenvalue weighted by atomic mass is 10.1. The second-order valence-corrected chi connectivity index (χ2v) is 6.41. The number of aliphatic hydroxyl groups excluding tert-OH is 1. The fourth-order valence-corrected chi connectivity index (χ4v) is 2.78. The molecule has 1 heterocycles. The molecule has 1 aromatic rings. The van der Waals surface area contributed by atoms with Gasteiger partial charge in [0.2, 0.25) is 0 Å². The number of fused-ring (bicyclic) bond motifs is 1. The third-order valence-electron chi connectivity index (χ3n) is 3.83. The van der Waals surface area contributed by atoms with Gasteiger partial charge < -0.3 is 15.7 Å². The smallest absolute Gasteiger partial charge is 0.315 e. The number of nitrogens with zero attached hydrogens (tertiary/aromatic N) is 1. The molecule has 1 unspecified atom stereocenters. The molecule has 0 fully saturated rings. The maximum Gasteiger partial charge on any atom is 0.315 e. The van der Waals surface area contributed by atoms with Gasteiger partial charge in [-0.2, -0.15) is 0 Å². The molecular weight excluding hydrogens is 378 g/mol. The van der Waals surface area contributed by atoms with E-state index in [-0.39, 0.29) is 37.0 Å². The number of rotatable bonds is 7. The minimum atomic E-state index is -0.373. The summed E-state index contributed by atoms with van der Waals surface area (Å²) in [6, 6.07) is 4.35. The number of hydrogen-bond acceptors (Lipinski definition) is 4. The Labute approximate surface area is 148 Å². The van der Waals surface area contributed by atoms with Crippen molar-refractivity contribution in [3.63, 3.8) is 0 Å². The van der Waals surface area contributed by atoms with E-state index in [9.17, 15) is 14.4 Å². The van der Waals surface area contributed by atoms with Crippen molar-refractivity contribution in [3.05, 3.63) is 33.8 Å². The van der Waals surface area contributed by atoms with Crippen molar-refractivity contribution in [2.24, 2.45) is 0 Å². The topological polar surface area (TPSA) is 98.7 Å². The fourth-order valence-electron chi connectivity index (χ4n) is 2.42. The van der Waals surface area contributed by atoms with E-state index >= 15 is 0 Å². The van der Waals surface area contributed by atoms with Crippen LogP contribution in [-0.2, 0) is 0 Å². The van der Waals surface area contributed by atoms with Gasteiger partial charge in [-0.25, -0.2) is 4.79 Å². The molecule has 0 spiro atoms. The largest absolute Gasteiger partial charge is 0.394 e. The molecule has 4 amide bonds. The number of hydrogen-bond donors (Lipinski definition) is 3. The molecule has 1 aliphatic rings. The molecule has 0 aliphatic carbocycles. The Balaban J connectivity index is 1.81. The highest BCUT2D eigenvalue weighted by Gasteiger charge is 2.34. The van der Waals surface area contributed by atoms with Crippen LogP contribution in [0.15, 0.2) is 22.7 Å². The second kappa shape index (κ2) is 8.25. The molecule has 2 rings (SSSR count). The lowest BCUT2D eigenvalue weighted by molar-refractivity contribution is 0.0653. The van der Waals surface area contributed by atoms with E-state index in [1.165, 1.54) is 4.90 Å². The molecule has 0 bridgehead atoms. The number of urea groups is 1.